The van der Waals surface area contributed by atoms with Crippen molar-refractivity contribution in [1.29, 1.82) is 0 Å². The van der Waals surface area contributed by atoms with Crippen LogP contribution in [0.1, 0.15) is 32.2 Å². The molecule has 3 aromatic rings. The Morgan fingerprint density at radius 2 is 2.05 bits per heavy atom. The largest absolute Gasteiger partial charge is 0.461 e. The number of nitrogens with one attached hydrogen (secondary N) is 2. The van der Waals surface area contributed by atoms with E-state index in [2.05, 4.69) is 10.3 Å². The average Bonchev–Trinajstić information content (AvgIpc) is 3.17. The Morgan fingerprint density at radius 3 is 2.77 bits per heavy atom. The molecule has 0 radical (unpaired) electrons. The lowest BCUT2D eigenvalue weighted by atomic mass is 10.1. The van der Waals surface area contributed by atoms with E-state index in [1.54, 1.807) is 12.1 Å². The highest BCUT2D eigenvalue weighted by Crippen LogP contribution is 2.22. The Bertz CT molecular complexity index is 844. The van der Waals surface area contributed by atoms with Gasteiger partial charge in [0, 0.05) is 10.9 Å². The lowest BCUT2D eigenvalue weighted by Crippen LogP contribution is -2.29. The van der Waals surface area contributed by atoms with Gasteiger partial charge < -0.3 is 14.7 Å². The molecule has 5 heteroatoms. The number of carbonyl (C=O) groups excluding carboxylic acids is 2. The van der Waals surface area contributed by atoms with Gasteiger partial charge in [0.25, 0.3) is 5.91 Å². The molecule has 0 atom stereocenters. The molecule has 2 N–H and O–H groups in total. The Morgan fingerprint density at radius 1 is 1.23 bits per heavy atom. The first kappa shape index (κ1) is 14.1. The highest BCUT2D eigenvalue weighted by Gasteiger charge is 2.14. The first-order chi connectivity index (χ1) is 10.6. The van der Waals surface area contributed by atoms with E-state index in [0.29, 0.717) is 5.69 Å². The third-order valence-corrected chi connectivity index (χ3v) is 3.79. The second-order valence-corrected chi connectivity index (χ2v) is 5.23. The molecule has 0 saturated heterocycles. The molecule has 0 aliphatic carbocycles. The predicted molar refractivity (Wildman–Crippen MR) is 83.1 cm³/mol. The minimum Gasteiger partial charge on any atom is -0.461 e. The number of furan rings is 1. The van der Waals surface area contributed by atoms with Gasteiger partial charge in [0.15, 0.2) is 5.76 Å². The molecule has 2 aromatic heterocycles. The second-order valence-electron chi connectivity index (χ2n) is 5.23. The lowest BCUT2D eigenvalue weighted by molar-refractivity contribution is 0.0890. The topological polar surface area (TPSA) is 75.1 Å². The first-order valence-electron chi connectivity index (χ1n) is 7.00. The Kier molecular flexibility index (Phi) is 3.55. The molecular formula is C17H16N2O3. The van der Waals surface area contributed by atoms with Crippen molar-refractivity contribution >= 4 is 22.6 Å². The quantitative estimate of drug-likeness (QED) is 0.727. The van der Waals surface area contributed by atoms with Crippen LogP contribution < -0.4 is 5.32 Å². The standard InChI is InChI=1S/C17H16N2O3/c1-10-5-6-13-12(11(10)2)8-14(19-13)17(21)18-9-15(20)16-4-3-7-22-16/h3-8,19H,9H2,1-2H3,(H,18,21). The Labute approximate surface area is 127 Å². The van der Waals surface area contributed by atoms with Crippen LogP contribution >= 0.6 is 0 Å². The number of fused-ring (bicyclic) bond motifs is 1. The molecule has 0 fully saturated rings. The molecule has 0 bridgehead atoms. The van der Waals surface area contributed by atoms with Crippen LogP contribution in [0.15, 0.2) is 41.0 Å². The Hall–Kier alpha value is -2.82. The first-order valence-corrected chi connectivity index (χ1v) is 7.00. The van der Waals surface area contributed by atoms with Crippen molar-refractivity contribution in [2.75, 3.05) is 6.54 Å². The summed E-state index contributed by atoms with van der Waals surface area (Å²) in [4.78, 5) is 27.0. The van der Waals surface area contributed by atoms with E-state index in [1.807, 2.05) is 32.0 Å². The van der Waals surface area contributed by atoms with Crippen LogP contribution in [0.3, 0.4) is 0 Å². The molecule has 112 valence electrons. The van der Waals surface area contributed by atoms with Gasteiger partial charge in [-0.2, -0.15) is 0 Å². The normalized spacial score (nSPS) is 10.8. The molecule has 0 unspecified atom stereocenters. The van der Waals surface area contributed by atoms with Crippen LogP contribution in [-0.2, 0) is 0 Å². The fourth-order valence-electron chi connectivity index (χ4n) is 2.36. The fraction of sp³-hybridized carbons (Fsp3) is 0.176. The summed E-state index contributed by atoms with van der Waals surface area (Å²) in [5.41, 5.74) is 3.66. The fourth-order valence-corrected chi connectivity index (χ4v) is 2.36. The summed E-state index contributed by atoms with van der Waals surface area (Å²) >= 11 is 0. The summed E-state index contributed by atoms with van der Waals surface area (Å²) in [6.07, 6.45) is 1.43. The molecule has 0 aliphatic rings. The number of Topliss-reactive ketones (excluding diaryl/α,β-unsaturated/α-hetero) is 1. The average molecular weight is 296 g/mol. The Balaban J connectivity index is 1.75. The molecule has 22 heavy (non-hydrogen) atoms. The van der Waals surface area contributed by atoms with Gasteiger partial charge in [-0.1, -0.05) is 6.07 Å². The van der Waals surface area contributed by atoms with Crippen LogP contribution in [0.4, 0.5) is 0 Å². The van der Waals surface area contributed by atoms with E-state index in [4.69, 9.17) is 4.42 Å². The van der Waals surface area contributed by atoms with Gasteiger partial charge in [0.05, 0.1) is 12.8 Å². The third kappa shape index (κ3) is 2.53. The molecule has 0 saturated carbocycles. The number of hydrogen-bond donors (Lipinski definition) is 2. The lowest BCUT2D eigenvalue weighted by Gasteiger charge is -2.01. The zero-order valence-electron chi connectivity index (χ0n) is 12.4. The summed E-state index contributed by atoms with van der Waals surface area (Å²) in [5, 5.41) is 3.62. The zero-order chi connectivity index (χ0) is 15.7. The number of rotatable bonds is 4. The molecule has 5 nitrogen and oxygen atoms in total. The van der Waals surface area contributed by atoms with Crippen molar-refractivity contribution in [3.05, 3.63) is 59.2 Å². The van der Waals surface area contributed by atoms with Gasteiger partial charge in [-0.3, -0.25) is 9.59 Å². The molecule has 3 rings (SSSR count). The van der Waals surface area contributed by atoms with Crippen LogP contribution in [-0.4, -0.2) is 23.2 Å². The summed E-state index contributed by atoms with van der Waals surface area (Å²) in [6, 6.07) is 8.98. The second kappa shape index (κ2) is 5.52. The van der Waals surface area contributed by atoms with Gasteiger partial charge in [0.2, 0.25) is 5.78 Å². The van der Waals surface area contributed by atoms with Crippen LogP contribution in [0.25, 0.3) is 10.9 Å². The van der Waals surface area contributed by atoms with Gasteiger partial charge >= 0.3 is 0 Å². The number of hydrogen-bond acceptors (Lipinski definition) is 3. The van der Waals surface area contributed by atoms with E-state index < -0.39 is 0 Å². The summed E-state index contributed by atoms with van der Waals surface area (Å²) in [7, 11) is 0. The van der Waals surface area contributed by atoms with Crippen LogP contribution in [0.5, 0.6) is 0 Å². The van der Waals surface area contributed by atoms with Crippen molar-refractivity contribution in [3.8, 4) is 0 Å². The molecule has 1 amide bonds. The van der Waals surface area contributed by atoms with Crippen molar-refractivity contribution in [3.63, 3.8) is 0 Å². The summed E-state index contributed by atoms with van der Waals surface area (Å²) in [5.74, 6) is -0.335. The molecular weight excluding hydrogens is 280 g/mol. The minimum atomic E-state index is -0.312. The van der Waals surface area contributed by atoms with Crippen molar-refractivity contribution < 1.29 is 14.0 Å². The van der Waals surface area contributed by atoms with Crippen LogP contribution in [0, 0.1) is 13.8 Å². The van der Waals surface area contributed by atoms with E-state index in [0.717, 1.165) is 16.5 Å². The number of benzene rings is 1. The number of H-pyrrole nitrogens is 1. The number of amides is 1. The van der Waals surface area contributed by atoms with E-state index in [9.17, 15) is 9.59 Å². The van der Waals surface area contributed by atoms with Crippen molar-refractivity contribution in [2.24, 2.45) is 0 Å². The number of ketones is 1. The zero-order valence-corrected chi connectivity index (χ0v) is 12.4. The molecule has 0 aliphatic heterocycles. The van der Waals surface area contributed by atoms with Crippen LogP contribution in [0.2, 0.25) is 0 Å². The third-order valence-electron chi connectivity index (χ3n) is 3.79. The van der Waals surface area contributed by atoms with Gasteiger partial charge in [-0.15, -0.1) is 0 Å². The number of aromatic nitrogens is 1. The minimum absolute atomic E-state index is 0.0975. The van der Waals surface area contributed by atoms with Gasteiger partial charge in [-0.05, 0) is 49.2 Å². The van der Waals surface area contributed by atoms with Gasteiger partial charge in [-0.25, -0.2) is 0 Å². The monoisotopic (exact) mass is 296 g/mol. The highest BCUT2D eigenvalue weighted by atomic mass is 16.3. The van der Waals surface area contributed by atoms with E-state index in [-0.39, 0.29) is 24.0 Å². The predicted octanol–water partition coefficient (Wildman–Crippen LogP) is 2.99. The maximum atomic E-state index is 12.2. The maximum absolute atomic E-state index is 12.2. The maximum Gasteiger partial charge on any atom is 0.268 e. The molecule has 0 spiro atoms. The summed E-state index contributed by atoms with van der Waals surface area (Å²) < 4.78 is 5.00. The SMILES string of the molecule is Cc1ccc2[nH]c(C(=O)NCC(=O)c3ccco3)cc2c1C. The van der Waals surface area contributed by atoms with Gasteiger partial charge in [0.1, 0.15) is 5.69 Å². The smallest absolute Gasteiger partial charge is 0.268 e. The number of aromatic amines is 1. The summed E-state index contributed by atoms with van der Waals surface area (Å²) in [6.45, 7) is 3.96. The molecule has 1 aromatic carbocycles. The number of aryl methyl sites for hydroxylation is 2. The van der Waals surface area contributed by atoms with E-state index in [1.165, 1.54) is 11.8 Å². The van der Waals surface area contributed by atoms with Crippen molar-refractivity contribution in [1.82, 2.24) is 10.3 Å². The van der Waals surface area contributed by atoms with E-state index >= 15 is 0 Å². The van der Waals surface area contributed by atoms with Crippen molar-refractivity contribution in [2.45, 2.75) is 13.8 Å². The highest BCUT2D eigenvalue weighted by molar-refractivity contribution is 6.02. The molecule has 2 heterocycles. The number of carbonyl (C=O) groups is 2.